The molecule has 92 valence electrons. The second-order valence-electron chi connectivity index (χ2n) is 3.73. The molecule has 0 saturated carbocycles. The predicted molar refractivity (Wildman–Crippen MR) is 61.3 cm³/mol. The molecule has 2 unspecified atom stereocenters. The van der Waals surface area contributed by atoms with Crippen LogP contribution in [0.15, 0.2) is 24.3 Å². The van der Waals surface area contributed by atoms with Crippen molar-refractivity contribution in [3.63, 3.8) is 0 Å². The van der Waals surface area contributed by atoms with Gasteiger partial charge in [0.15, 0.2) is 6.10 Å². The number of esters is 1. The van der Waals surface area contributed by atoms with Gasteiger partial charge >= 0.3 is 5.97 Å². The lowest BCUT2D eigenvalue weighted by Crippen LogP contribution is -2.39. The lowest BCUT2D eigenvalue weighted by molar-refractivity contribution is -0.184. The second-order valence-corrected chi connectivity index (χ2v) is 3.73. The van der Waals surface area contributed by atoms with E-state index in [4.69, 9.17) is 19.9 Å². The number of hydrogen-bond donors (Lipinski definition) is 1. The maximum absolute atomic E-state index is 11.6. The van der Waals surface area contributed by atoms with E-state index in [1.54, 1.807) is 6.07 Å². The van der Waals surface area contributed by atoms with Crippen molar-refractivity contribution in [3.8, 4) is 0 Å². The van der Waals surface area contributed by atoms with Gasteiger partial charge in [0.25, 0.3) is 0 Å². The van der Waals surface area contributed by atoms with Gasteiger partial charge in [-0.2, -0.15) is 0 Å². The number of para-hydroxylation sites is 1. The summed E-state index contributed by atoms with van der Waals surface area (Å²) in [6.07, 6.45) is -1.25. The van der Waals surface area contributed by atoms with Gasteiger partial charge in [0.2, 0.25) is 0 Å². The maximum atomic E-state index is 11.6. The van der Waals surface area contributed by atoms with E-state index >= 15 is 0 Å². The van der Waals surface area contributed by atoms with Crippen LogP contribution in [-0.4, -0.2) is 32.4 Å². The van der Waals surface area contributed by atoms with E-state index in [1.165, 1.54) is 7.11 Å². The van der Waals surface area contributed by atoms with Gasteiger partial charge in [0.1, 0.15) is 6.10 Å². The van der Waals surface area contributed by atoms with E-state index in [1.807, 2.05) is 18.2 Å². The molecule has 1 saturated heterocycles. The number of carbonyl (C=O) groups excluding carboxylic acids is 1. The lowest BCUT2D eigenvalue weighted by atomic mass is 10.0. The molecule has 2 N–H and O–H groups in total. The second kappa shape index (κ2) is 5.16. The summed E-state index contributed by atoms with van der Waals surface area (Å²) in [5.74, 6) is -0.446. The Morgan fingerprint density at radius 2 is 2.06 bits per heavy atom. The zero-order valence-electron chi connectivity index (χ0n) is 9.59. The minimum absolute atomic E-state index is 0.378. The molecule has 0 amide bonds. The number of benzene rings is 1. The van der Waals surface area contributed by atoms with Crippen molar-refractivity contribution >= 4 is 11.7 Å². The van der Waals surface area contributed by atoms with Crippen LogP contribution in [0.4, 0.5) is 5.69 Å². The van der Waals surface area contributed by atoms with E-state index < -0.39 is 18.2 Å². The van der Waals surface area contributed by atoms with Crippen molar-refractivity contribution < 1.29 is 19.0 Å². The van der Waals surface area contributed by atoms with Gasteiger partial charge in [-0.3, -0.25) is 0 Å². The topological polar surface area (TPSA) is 70.8 Å². The highest BCUT2D eigenvalue weighted by Gasteiger charge is 2.36. The minimum atomic E-state index is -0.751. The van der Waals surface area contributed by atoms with Gasteiger partial charge in [-0.15, -0.1) is 0 Å². The number of hydrogen-bond acceptors (Lipinski definition) is 5. The molecule has 0 aromatic heterocycles. The van der Waals surface area contributed by atoms with Crippen molar-refractivity contribution in [2.75, 3.05) is 26.1 Å². The molecule has 5 heteroatoms. The number of ether oxygens (including phenoxy) is 3. The van der Waals surface area contributed by atoms with Gasteiger partial charge < -0.3 is 19.9 Å². The zero-order chi connectivity index (χ0) is 12.3. The normalized spacial score (nSPS) is 24.3. The Hall–Kier alpha value is -1.59. The summed E-state index contributed by atoms with van der Waals surface area (Å²) in [5.41, 5.74) is 7.20. The Kier molecular flexibility index (Phi) is 3.61. The van der Waals surface area contributed by atoms with Crippen molar-refractivity contribution in [2.24, 2.45) is 0 Å². The van der Waals surface area contributed by atoms with E-state index in [9.17, 15) is 4.79 Å². The van der Waals surface area contributed by atoms with Gasteiger partial charge in [-0.25, -0.2) is 4.79 Å². The molecule has 0 spiro atoms. The van der Waals surface area contributed by atoms with Crippen LogP contribution in [0.1, 0.15) is 11.7 Å². The molecule has 1 aromatic carbocycles. The number of nitrogen functional groups attached to an aromatic ring is 1. The molecular weight excluding hydrogens is 222 g/mol. The summed E-state index contributed by atoms with van der Waals surface area (Å²) in [5, 5.41) is 0. The number of methoxy groups -OCH3 is 1. The fraction of sp³-hybridized carbons (Fsp3) is 0.417. The lowest BCUT2D eigenvalue weighted by Gasteiger charge is -2.30. The molecule has 1 aliphatic heterocycles. The van der Waals surface area contributed by atoms with Crippen molar-refractivity contribution in [2.45, 2.75) is 12.2 Å². The third kappa shape index (κ3) is 2.40. The summed E-state index contributed by atoms with van der Waals surface area (Å²) in [6.45, 7) is 0.815. The molecule has 2 rings (SSSR count). The predicted octanol–water partition coefficient (Wildman–Crippen LogP) is 0.898. The summed E-state index contributed by atoms with van der Waals surface area (Å²) in [4.78, 5) is 11.6. The Balaban J connectivity index is 2.28. The summed E-state index contributed by atoms with van der Waals surface area (Å²) in [7, 11) is 1.33. The van der Waals surface area contributed by atoms with Crippen LogP contribution in [0, 0.1) is 0 Å². The SMILES string of the molecule is COC(=O)C1OCCOC1c1ccccc1N. The van der Waals surface area contributed by atoms with Crippen molar-refractivity contribution in [1.82, 2.24) is 0 Å². The highest BCUT2D eigenvalue weighted by Crippen LogP contribution is 2.30. The first-order valence-electron chi connectivity index (χ1n) is 5.39. The number of anilines is 1. The first kappa shape index (κ1) is 11.9. The van der Waals surface area contributed by atoms with E-state index in [-0.39, 0.29) is 0 Å². The Bertz CT molecular complexity index is 407. The van der Waals surface area contributed by atoms with Crippen LogP contribution in [0.5, 0.6) is 0 Å². The van der Waals surface area contributed by atoms with Crippen LogP contribution in [0.25, 0.3) is 0 Å². The first-order valence-corrected chi connectivity index (χ1v) is 5.39. The molecule has 0 aliphatic carbocycles. The molecule has 1 heterocycles. The molecule has 0 bridgehead atoms. The third-order valence-electron chi connectivity index (χ3n) is 2.69. The van der Waals surface area contributed by atoms with Crippen molar-refractivity contribution in [3.05, 3.63) is 29.8 Å². The molecular formula is C12H15NO4. The van der Waals surface area contributed by atoms with Gasteiger partial charge in [-0.1, -0.05) is 18.2 Å². The van der Waals surface area contributed by atoms with Gasteiger partial charge in [0, 0.05) is 11.3 Å². The number of carbonyl (C=O) groups is 1. The van der Waals surface area contributed by atoms with Crippen LogP contribution >= 0.6 is 0 Å². The molecule has 0 radical (unpaired) electrons. The summed E-state index contributed by atoms with van der Waals surface area (Å²) < 4.78 is 15.7. The molecule has 1 fully saturated rings. The highest BCUT2D eigenvalue weighted by atomic mass is 16.6. The van der Waals surface area contributed by atoms with Crippen LogP contribution in [0.2, 0.25) is 0 Å². The van der Waals surface area contributed by atoms with E-state index in [0.29, 0.717) is 18.9 Å². The molecule has 1 aliphatic rings. The van der Waals surface area contributed by atoms with Crippen LogP contribution in [-0.2, 0) is 19.0 Å². The first-order chi connectivity index (χ1) is 8.24. The van der Waals surface area contributed by atoms with E-state index in [2.05, 4.69) is 0 Å². The monoisotopic (exact) mass is 237 g/mol. The van der Waals surface area contributed by atoms with E-state index in [0.717, 1.165) is 5.56 Å². The Labute approximate surface area is 99.5 Å². The van der Waals surface area contributed by atoms with Crippen LogP contribution in [0.3, 0.4) is 0 Å². The number of rotatable bonds is 2. The average Bonchev–Trinajstić information content (AvgIpc) is 2.38. The zero-order valence-corrected chi connectivity index (χ0v) is 9.59. The summed E-state index contributed by atoms with van der Waals surface area (Å²) >= 11 is 0. The van der Waals surface area contributed by atoms with Crippen LogP contribution < -0.4 is 5.73 Å². The summed E-state index contributed by atoms with van der Waals surface area (Å²) in [6, 6.07) is 7.26. The molecule has 1 aromatic rings. The number of nitrogens with two attached hydrogens (primary N) is 1. The highest BCUT2D eigenvalue weighted by molar-refractivity contribution is 5.76. The smallest absolute Gasteiger partial charge is 0.338 e. The average molecular weight is 237 g/mol. The standard InChI is InChI=1S/C12H15NO4/c1-15-12(14)11-10(16-6-7-17-11)8-4-2-3-5-9(8)13/h2-5,10-11H,6-7,13H2,1H3. The Morgan fingerprint density at radius 1 is 1.35 bits per heavy atom. The van der Waals surface area contributed by atoms with Crippen molar-refractivity contribution in [1.29, 1.82) is 0 Å². The van der Waals surface area contributed by atoms with Gasteiger partial charge in [0.05, 0.1) is 20.3 Å². The molecule has 5 nitrogen and oxygen atoms in total. The Morgan fingerprint density at radius 3 is 2.76 bits per heavy atom. The maximum Gasteiger partial charge on any atom is 0.338 e. The van der Waals surface area contributed by atoms with Gasteiger partial charge in [-0.05, 0) is 6.07 Å². The largest absolute Gasteiger partial charge is 0.467 e. The third-order valence-corrected chi connectivity index (χ3v) is 2.69. The molecule has 17 heavy (non-hydrogen) atoms. The quantitative estimate of drug-likeness (QED) is 0.611. The molecule has 2 atom stereocenters. The minimum Gasteiger partial charge on any atom is -0.467 e. The fourth-order valence-electron chi connectivity index (χ4n) is 1.86. The fourth-order valence-corrected chi connectivity index (χ4v) is 1.86.